The van der Waals surface area contributed by atoms with E-state index in [1.807, 2.05) is 13.8 Å². The van der Waals surface area contributed by atoms with E-state index in [1.165, 1.54) is 0 Å². The van der Waals surface area contributed by atoms with Crippen LogP contribution in [0.25, 0.3) is 0 Å². The van der Waals surface area contributed by atoms with Crippen LogP contribution >= 0.6 is 12.6 Å². The minimum atomic E-state index is -3.43. The number of hydrogen-bond donors (Lipinski definition) is 1. The summed E-state index contributed by atoms with van der Waals surface area (Å²) in [5, 5.41) is 0. The van der Waals surface area contributed by atoms with Crippen LogP contribution in [0.4, 0.5) is 0 Å². The molecular formula is C8H18O3S2. The van der Waals surface area contributed by atoms with Crippen molar-refractivity contribution < 1.29 is 12.6 Å². The highest BCUT2D eigenvalue weighted by atomic mass is 32.3. The molecule has 0 bridgehead atoms. The third-order valence-corrected chi connectivity index (χ3v) is 4.04. The lowest BCUT2D eigenvalue weighted by Crippen LogP contribution is -2.18. The van der Waals surface area contributed by atoms with E-state index in [0.717, 1.165) is 19.3 Å². The summed E-state index contributed by atoms with van der Waals surface area (Å²) in [6.07, 6.45) is 3.04. The van der Waals surface area contributed by atoms with Gasteiger partial charge in [0.05, 0.1) is 6.61 Å². The SMILES string of the molecule is CCCCOS(=O)(=O)C(S)CCC. The summed E-state index contributed by atoms with van der Waals surface area (Å²) in [6, 6.07) is 0. The lowest BCUT2D eigenvalue weighted by Gasteiger charge is -2.10. The van der Waals surface area contributed by atoms with Gasteiger partial charge in [0.2, 0.25) is 0 Å². The maximum Gasteiger partial charge on any atom is 0.279 e. The van der Waals surface area contributed by atoms with Crippen LogP contribution in [-0.2, 0) is 14.3 Å². The first-order valence-electron chi connectivity index (χ1n) is 4.61. The molecule has 0 radical (unpaired) electrons. The van der Waals surface area contributed by atoms with E-state index in [9.17, 15) is 8.42 Å². The van der Waals surface area contributed by atoms with E-state index in [1.54, 1.807) is 0 Å². The van der Waals surface area contributed by atoms with E-state index >= 15 is 0 Å². The Morgan fingerprint density at radius 3 is 2.38 bits per heavy atom. The van der Waals surface area contributed by atoms with Crippen molar-refractivity contribution >= 4 is 22.7 Å². The molecule has 3 nitrogen and oxygen atoms in total. The Bertz CT molecular complexity index is 211. The van der Waals surface area contributed by atoms with E-state index in [0.29, 0.717) is 6.42 Å². The third kappa shape index (κ3) is 5.54. The molecule has 0 rings (SSSR count). The maximum absolute atomic E-state index is 11.3. The summed E-state index contributed by atoms with van der Waals surface area (Å²) in [5.41, 5.74) is 0. The standard InChI is InChI=1S/C8H18O3S2/c1-3-5-7-11-13(9,10)8(12)6-4-2/h8,12H,3-7H2,1-2H3. The van der Waals surface area contributed by atoms with Crippen molar-refractivity contribution in [3.63, 3.8) is 0 Å². The van der Waals surface area contributed by atoms with Gasteiger partial charge in [0.15, 0.2) is 0 Å². The quantitative estimate of drug-likeness (QED) is 0.411. The molecule has 0 aromatic heterocycles. The zero-order valence-electron chi connectivity index (χ0n) is 8.19. The second kappa shape index (κ2) is 6.68. The monoisotopic (exact) mass is 226 g/mol. The molecule has 1 atom stereocenters. The van der Waals surface area contributed by atoms with Gasteiger partial charge in [-0.3, -0.25) is 4.18 Å². The van der Waals surface area contributed by atoms with Crippen LogP contribution in [-0.4, -0.2) is 19.6 Å². The van der Waals surface area contributed by atoms with Crippen LogP contribution in [0.15, 0.2) is 0 Å². The van der Waals surface area contributed by atoms with Gasteiger partial charge in [-0.2, -0.15) is 21.0 Å². The summed E-state index contributed by atoms with van der Waals surface area (Å²) in [5.74, 6) is 0. The molecule has 0 aromatic rings. The summed E-state index contributed by atoms with van der Waals surface area (Å²) in [7, 11) is -3.43. The van der Waals surface area contributed by atoms with Crippen LogP contribution in [0.3, 0.4) is 0 Å². The fraction of sp³-hybridized carbons (Fsp3) is 1.00. The van der Waals surface area contributed by atoms with Gasteiger partial charge >= 0.3 is 0 Å². The number of unbranched alkanes of at least 4 members (excludes halogenated alkanes) is 1. The topological polar surface area (TPSA) is 43.4 Å². The molecule has 0 aliphatic carbocycles. The van der Waals surface area contributed by atoms with Gasteiger partial charge in [-0.05, 0) is 12.8 Å². The second-order valence-corrected chi connectivity index (χ2v) is 5.67. The van der Waals surface area contributed by atoms with Crippen molar-refractivity contribution in [3.05, 3.63) is 0 Å². The maximum atomic E-state index is 11.3. The third-order valence-electron chi connectivity index (χ3n) is 1.61. The largest absolute Gasteiger partial charge is 0.279 e. The predicted octanol–water partition coefficient (Wildman–Crippen LogP) is 2.19. The van der Waals surface area contributed by atoms with Gasteiger partial charge in [0.25, 0.3) is 10.1 Å². The molecule has 0 amide bonds. The van der Waals surface area contributed by atoms with Crippen LogP contribution in [0, 0.1) is 0 Å². The molecule has 1 unspecified atom stereocenters. The van der Waals surface area contributed by atoms with Gasteiger partial charge < -0.3 is 0 Å². The molecule has 0 aliphatic heterocycles. The minimum absolute atomic E-state index is 0.277. The molecule has 0 heterocycles. The van der Waals surface area contributed by atoms with Crippen LogP contribution < -0.4 is 0 Å². The van der Waals surface area contributed by atoms with Gasteiger partial charge in [-0.1, -0.05) is 26.7 Å². The Hall–Kier alpha value is 0.260. The fourth-order valence-electron chi connectivity index (χ4n) is 0.789. The highest BCUT2D eigenvalue weighted by Gasteiger charge is 2.21. The summed E-state index contributed by atoms with van der Waals surface area (Å²) < 4.78 is 26.7. The zero-order chi connectivity index (χ0) is 10.3. The van der Waals surface area contributed by atoms with Crippen molar-refractivity contribution in [1.82, 2.24) is 0 Å². The number of thiol groups is 1. The van der Waals surface area contributed by atoms with Gasteiger partial charge in [-0.15, -0.1) is 0 Å². The smallest absolute Gasteiger partial charge is 0.269 e. The molecule has 0 saturated carbocycles. The summed E-state index contributed by atoms with van der Waals surface area (Å²) >= 11 is 3.98. The lowest BCUT2D eigenvalue weighted by molar-refractivity contribution is 0.309. The Kier molecular flexibility index (Phi) is 6.81. The normalized spacial score (nSPS) is 14.4. The van der Waals surface area contributed by atoms with E-state index in [2.05, 4.69) is 12.6 Å². The zero-order valence-corrected chi connectivity index (χ0v) is 9.90. The molecule has 0 N–H and O–H groups in total. The molecule has 0 aromatic carbocycles. The Morgan fingerprint density at radius 2 is 1.92 bits per heavy atom. The molecule has 0 aliphatic rings. The number of hydrogen-bond acceptors (Lipinski definition) is 4. The van der Waals surface area contributed by atoms with E-state index < -0.39 is 14.7 Å². The average Bonchev–Trinajstić information content (AvgIpc) is 2.05. The molecule has 0 saturated heterocycles. The summed E-state index contributed by atoms with van der Waals surface area (Å²) in [6.45, 7) is 4.19. The molecule has 13 heavy (non-hydrogen) atoms. The van der Waals surface area contributed by atoms with Crippen molar-refractivity contribution in [2.24, 2.45) is 0 Å². The van der Waals surface area contributed by atoms with Crippen molar-refractivity contribution in [1.29, 1.82) is 0 Å². The van der Waals surface area contributed by atoms with Crippen LogP contribution in [0.2, 0.25) is 0 Å². The van der Waals surface area contributed by atoms with Crippen molar-refractivity contribution in [3.8, 4) is 0 Å². The minimum Gasteiger partial charge on any atom is -0.269 e. The van der Waals surface area contributed by atoms with Crippen molar-refractivity contribution in [2.75, 3.05) is 6.61 Å². The average molecular weight is 226 g/mol. The Morgan fingerprint density at radius 1 is 1.31 bits per heavy atom. The highest BCUT2D eigenvalue weighted by Crippen LogP contribution is 2.14. The van der Waals surface area contributed by atoms with Crippen molar-refractivity contribution in [2.45, 2.75) is 44.1 Å². The first-order chi connectivity index (χ1) is 6.04. The van der Waals surface area contributed by atoms with Crippen LogP contribution in [0.5, 0.6) is 0 Å². The molecular weight excluding hydrogens is 208 g/mol. The molecule has 0 spiro atoms. The van der Waals surface area contributed by atoms with Gasteiger partial charge in [0.1, 0.15) is 4.58 Å². The van der Waals surface area contributed by atoms with Gasteiger partial charge in [0, 0.05) is 0 Å². The van der Waals surface area contributed by atoms with E-state index in [4.69, 9.17) is 4.18 Å². The fourth-order valence-corrected chi connectivity index (χ4v) is 2.26. The van der Waals surface area contributed by atoms with Gasteiger partial charge in [-0.25, -0.2) is 0 Å². The molecule has 0 fully saturated rings. The molecule has 80 valence electrons. The first-order valence-corrected chi connectivity index (χ1v) is 6.59. The number of rotatable bonds is 7. The highest BCUT2D eigenvalue weighted by molar-refractivity contribution is 8.02. The summed E-state index contributed by atoms with van der Waals surface area (Å²) in [4.78, 5) is 0. The Balaban J connectivity index is 3.92. The van der Waals surface area contributed by atoms with Crippen LogP contribution in [0.1, 0.15) is 39.5 Å². The predicted molar refractivity (Wildman–Crippen MR) is 57.5 cm³/mol. The van der Waals surface area contributed by atoms with E-state index in [-0.39, 0.29) is 6.61 Å². The molecule has 5 heteroatoms. The Labute approximate surface area is 86.4 Å². The second-order valence-electron chi connectivity index (χ2n) is 2.91. The lowest BCUT2D eigenvalue weighted by atomic mass is 10.4. The first kappa shape index (κ1) is 13.3.